The van der Waals surface area contributed by atoms with Crippen LogP contribution in [0.1, 0.15) is 11.7 Å². The third kappa shape index (κ3) is 4.42. The molecule has 130 valence electrons. The Hall–Kier alpha value is -3.19. The van der Waals surface area contributed by atoms with Gasteiger partial charge in [0.05, 0.1) is 4.92 Å². The van der Waals surface area contributed by atoms with Gasteiger partial charge in [0.15, 0.2) is 22.0 Å². The van der Waals surface area contributed by atoms with Crippen molar-refractivity contribution < 1.29 is 9.66 Å². The van der Waals surface area contributed by atoms with E-state index in [4.69, 9.17) is 33.8 Å². The van der Waals surface area contributed by atoms with Crippen LogP contribution < -0.4 is 22.3 Å². The van der Waals surface area contributed by atoms with Crippen LogP contribution >= 0.6 is 24.4 Å². The lowest BCUT2D eigenvalue weighted by Crippen LogP contribution is -2.31. The Morgan fingerprint density at radius 3 is 2.52 bits per heavy atom. The zero-order valence-corrected chi connectivity index (χ0v) is 14.1. The van der Waals surface area contributed by atoms with Gasteiger partial charge in [0, 0.05) is 17.7 Å². The van der Waals surface area contributed by atoms with Gasteiger partial charge in [-0.15, -0.1) is 0 Å². The van der Waals surface area contributed by atoms with Crippen molar-refractivity contribution in [2.45, 2.75) is 6.10 Å². The Labute approximate surface area is 151 Å². The van der Waals surface area contributed by atoms with Crippen LogP contribution in [0.3, 0.4) is 0 Å². The minimum absolute atomic E-state index is 0.00643. The third-order valence-electron chi connectivity index (χ3n) is 2.89. The topological polar surface area (TPSA) is 177 Å². The Morgan fingerprint density at radius 2 is 1.92 bits per heavy atom. The number of hydrazone groups is 2. The molecule has 2 rings (SSSR count). The highest BCUT2D eigenvalue weighted by molar-refractivity contribution is 7.80. The van der Waals surface area contributed by atoms with Gasteiger partial charge in [-0.05, 0) is 24.4 Å². The summed E-state index contributed by atoms with van der Waals surface area (Å²) < 4.78 is 5.42. The number of ether oxygens (including phenoxy) is 1. The van der Waals surface area contributed by atoms with Crippen LogP contribution in [0.15, 0.2) is 34.5 Å². The number of nitro benzene ring substituents is 1. The summed E-state index contributed by atoms with van der Waals surface area (Å²) in [4.78, 5) is 10.4. The molecule has 1 unspecified atom stereocenters. The second-order valence-corrected chi connectivity index (χ2v) is 5.47. The molecular formula is C12H12N8O3S2. The standard InChI is InChI=1S/C12H12N8O3S2/c13-10-8(17-19-12(15)25)7(16-18-11(14)24)9(23-10)5-2-1-3-6(4-5)20(21)22/h1-4,9,13H,(H3,14,18,24)(H3,15,19,25)/b13-10?,16-7+,17-8-. The summed E-state index contributed by atoms with van der Waals surface area (Å²) in [5.74, 6) is -0.330. The lowest BCUT2D eigenvalue weighted by atomic mass is 10.0. The Bertz CT molecular complexity index is 822. The summed E-state index contributed by atoms with van der Waals surface area (Å²) in [7, 11) is 0. The number of thiocarbonyl (C=S) groups is 2. The van der Waals surface area contributed by atoms with E-state index in [2.05, 4.69) is 33.3 Å². The maximum atomic E-state index is 11.0. The van der Waals surface area contributed by atoms with E-state index in [0.717, 1.165) is 0 Å². The molecule has 0 saturated carbocycles. The molecule has 0 radical (unpaired) electrons. The first kappa shape index (κ1) is 18.2. The largest absolute Gasteiger partial charge is 0.461 e. The van der Waals surface area contributed by atoms with Gasteiger partial charge in [0.25, 0.3) is 5.69 Å². The van der Waals surface area contributed by atoms with E-state index in [0.29, 0.717) is 5.56 Å². The van der Waals surface area contributed by atoms with Crippen LogP contribution in [-0.4, -0.2) is 32.5 Å². The average Bonchev–Trinajstić information content (AvgIpc) is 2.86. The van der Waals surface area contributed by atoms with Gasteiger partial charge in [-0.25, -0.2) is 0 Å². The van der Waals surface area contributed by atoms with Crippen LogP contribution in [0.2, 0.25) is 0 Å². The van der Waals surface area contributed by atoms with Crippen LogP contribution in [-0.2, 0) is 4.74 Å². The van der Waals surface area contributed by atoms with Crippen LogP contribution in [0.25, 0.3) is 0 Å². The summed E-state index contributed by atoms with van der Waals surface area (Å²) in [6.07, 6.45) is -0.929. The van der Waals surface area contributed by atoms with Crippen LogP contribution in [0, 0.1) is 15.5 Å². The molecule has 0 aromatic heterocycles. The summed E-state index contributed by atoms with van der Waals surface area (Å²) >= 11 is 9.35. The van der Waals surface area contributed by atoms with Gasteiger partial charge in [0.1, 0.15) is 5.71 Å². The molecule has 25 heavy (non-hydrogen) atoms. The number of benzene rings is 1. The fourth-order valence-electron chi connectivity index (χ4n) is 1.94. The molecule has 1 heterocycles. The summed E-state index contributed by atoms with van der Waals surface area (Å²) in [5, 5.41) is 26.4. The number of nitrogens with two attached hydrogens (primary N) is 2. The Kier molecular flexibility index (Phi) is 5.51. The molecule has 0 aliphatic carbocycles. The van der Waals surface area contributed by atoms with Crippen molar-refractivity contribution in [3.05, 3.63) is 39.9 Å². The van der Waals surface area contributed by atoms with Crippen molar-refractivity contribution in [1.29, 1.82) is 5.41 Å². The predicted molar refractivity (Wildman–Crippen MR) is 99.4 cm³/mol. The van der Waals surface area contributed by atoms with Gasteiger partial charge in [-0.1, -0.05) is 12.1 Å². The van der Waals surface area contributed by atoms with E-state index in [-0.39, 0.29) is 33.2 Å². The van der Waals surface area contributed by atoms with E-state index in [1.54, 1.807) is 6.07 Å². The molecule has 1 aliphatic heterocycles. The normalized spacial score (nSPS) is 19.5. The first-order chi connectivity index (χ1) is 11.8. The molecule has 11 nitrogen and oxygen atoms in total. The van der Waals surface area contributed by atoms with E-state index in [1.165, 1.54) is 18.2 Å². The Morgan fingerprint density at radius 1 is 1.28 bits per heavy atom. The Balaban J connectivity index is 2.47. The molecule has 1 atom stereocenters. The number of rotatable bonds is 4. The lowest BCUT2D eigenvalue weighted by molar-refractivity contribution is -0.384. The zero-order valence-electron chi connectivity index (χ0n) is 12.4. The molecule has 1 aliphatic rings. The molecule has 1 aromatic carbocycles. The van der Waals surface area contributed by atoms with Crippen molar-refractivity contribution in [2.75, 3.05) is 0 Å². The van der Waals surface area contributed by atoms with Crippen molar-refractivity contribution >= 4 is 57.7 Å². The maximum absolute atomic E-state index is 11.0. The third-order valence-corrected chi connectivity index (χ3v) is 3.07. The molecule has 1 fully saturated rings. The average molecular weight is 380 g/mol. The second kappa shape index (κ2) is 7.59. The fourth-order valence-corrected chi connectivity index (χ4v) is 2.03. The molecule has 7 N–H and O–H groups in total. The van der Waals surface area contributed by atoms with Crippen molar-refractivity contribution in [3.63, 3.8) is 0 Å². The highest BCUT2D eigenvalue weighted by Gasteiger charge is 2.38. The van der Waals surface area contributed by atoms with E-state index in [9.17, 15) is 10.1 Å². The van der Waals surface area contributed by atoms with Gasteiger partial charge in [-0.2, -0.15) is 10.2 Å². The first-order valence-electron chi connectivity index (χ1n) is 6.56. The monoisotopic (exact) mass is 380 g/mol. The lowest BCUT2D eigenvalue weighted by Gasteiger charge is -2.10. The minimum atomic E-state index is -0.929. The molecular weight excluding hydrogens is 368 g/mol. The van der Waals surface area contributed by atoms with Gasteiger partial charge >= 0.3 is 0 Å². The van der Waals surface area contributed by atoms with Gasteiger partial charge in [0.2, 0.25) is 5.90 Å². The van der Waals surface area contributed by atoms with Crippen molar-refractivity contribution in [1.82, 2.24) is 10.9 Å². The minimum Gasteiger partial charge on any atom is -0.461 e. The second-order valence-electron chi connectivity index (χ2n) is 4.59. The highest BCUT2D eigenvalue weighted by atomic mass is 32.1. The van der Waals surface area contributed by atoms with Crippen LogP contribution in [0.5, 0.6) is 0 Å². The fraction of sp³-hybridized carbons (Fsp3) is 0.0833. The number of nitrogens with one attached hydrogen (secondary N) is 3. The summed E-state index contributed by atoms with van der Waals surface area (Å²) in [6.45, 7) is 0. The number of hydrogen-bond donors (Lipinski definition) is 5. The van der Waals surface area contributed by atoms with Gasteiger partial charge in [-0.3, -0.25) is 26.4 Å². The summed E-state index contributed by atoms with van der Waals surface area (Å²) in [5.41, 5.74) is 15.8. The number of nitrogens with zero attached hydrogens (tertiary/aromatic N) is 3. The first-order valence-corrected chi connectivity index (χ1v) is 7.37. The maximum Gasteiger partial charge on any atom is 0.269 e. The number of non-ortho nitro benzene ring substituents is 1. The molecule has 1 saturated heterocycles. The van der Waals surface area contributed by atoms with Crippen molar-refractivity contribution in [3.8, 4) is 0 Å². The molecule has 0 bridgehead atoms. The SMILES string of the molecule is N=C1OC(c2cccc([N+](=O)[O-])c2)C(=N/NC(N)=S)/C1=N/NC(N)=S. The van der Waals surface area contributed by atoms with Gasteiger partial charge < -0.3 is 16.2 Å². The number of hydrogen-bond acceptors (Lipinski definition) is 8. The highest BCUT2D eigenvalue weighted by Crippen LogP contribution is 2.28. The molecule has 13 heteroatoms. The predicted octanol–water partition coefficient (Wildman–Crippen LogP) is 0.0218. The van der Waals surface area contributed by atoms with E-state index in [1.807, 2.05) is 0 Å². The quantitative estimate of drug-likeness (QED) is 0.274. The van der Waals surface area contributed by atoms with E-state index < -0.39 is 11.0 Å². The molecule has 0 amide bonds. The zero-order chi connectivity index (χ0) is 18.6. The molecule has 0 spiro atoms. The number of nitro groups is 1. The molecule has 1 aromatic rings. The van der Waals surface area contributed by atoms with Crippen molar-refractivity contribution in [2.24, 2.45) is 21.7 Å². The summed E-state index contributed by atoms with van der Waals surface area (Å²) in [6, 6.07) is 5.71. The van der Waals surface area contributed by atoms with Crippen LogP contribution in [0.4, 0.5) is 5.69 Å². The van der Waals surface area contributed by atoms with E-state index >= 15 is 0 Å². The smallest absolute Gasteiger partial charge is 0.269 e.